The molecule has 0 atom stereocenters. The van der Waals surface area contributed by atoms with Gasteiger partial charge in [0.05, 0.1) is 0 Å². The predicted molar refractivity (Wildman–Crippen MR) is 93.1 cm³/mol. The van der Waals surface area contributed by atoms with E-state index < -0.39 is 8.80 Å². The molecule has 0 aliphatic rings. The van der Waals surface area contributed by atoms with Gasteiger partial charge in [0.25, 0.3) is 0 Å². The summed E-state index contributed by atoms with van der Waals surface area (Å²) in [5.41, 5.74) is 1.16. The lowest BCUT2D eigenvalue weighted by atomic mass is 10.3. The maximum Gasteiger partial charge on any atom is 0.500 e. The summed E-state index contributed by atoms with van der Waals surface area (Å²) in [6.45, 7) is 6.55. The fourth-order valence-corrected chi connectivity index (χ4v) is 3.98. The molecular weight excluding hydrogens is 296 g/mol. The molecule has 5 nitrogen and oxygen atoms in total. The first-order chi connectivity index (χ1) is 10.7. The molecule has 124 valence electrons. The van der Waals surface area contributed by atoms with Crippen LogP contribution in [0.2, 0.25) is 6.04 Å². The summed E-state index contributed by atoms with van der Waals surface area (Å²) >= 11 is 0. The molecule has 0 amide bonds. The molecule has 0 bridgehead atoms. The number of benzene rings is 1. The standard InChI is InChI=1S/C16H28N2O3Si/c1-5-18(16-10-7-6-8-11-16)14-13-17-12-9-15-22(19-2,20-3)21-4/h5-8,10-11,17H,1,9,12-15H2,2-4H3. The first-order valence-corrected chi connectivity index (χ1v) is 9.45. The summed E-state index contributed by atoms with van der Waals surface area (Å²) in [6, 6.07) is 11.1. The Labute approximate surface area is 135 Å². The van der Waals surface area contributed by atoms with E-state index in [1.165, 1.54) is 0 Å². The molecule has 0 heterocycles. The van der Waals surface area contributed by atoms with Gasteiger partial charge in [-0.1, -0.05) is 24.8 Å². The molecule has 1 rings (SSSR count). The van der Waals surface area contributed by atoms with Crippen molar-refractivity contribution in [3.63, 3.8) is 0 Å². The molecular formula is C16H28N2O3Si. The van der Waals surface area contributed by atoms with Crippen molar-refractivity contribution in [2.45, 2.75) is 12.5 Å². The number of nitrogens with zero attached hydrogens (tertiary/aromatic N) is 1. The zero-order valence-corrected chi connectivity index (χ0v) is 14.9. The minimum absolute atomic E-state index is 0.813. The van der Waals surface area contributed by atoms with Gasteiger partial charge in [-0.3, -0.25) is 0 Å². The second kappa shape index (κ2) is 10.5. The van der Waals surface area contributed by atoms with Crippen LogP contribution < -0.4 is 10.2 Å². The van der Waals surface area contributed by atoms with Crippen LogP contribution >= 0.6 is 0 Å². The first-order valence-electron chi connectivity index (χ1n) is 7.51. The molecule has 0 saturated heterocycles. The number of rotatable bonds is 12. The van der Waals surface area contributed by atoms with Crippen LogP contribution in [-0.2, 0) is 13.3 Å². The van der Waals surface area contributed by atoms with Gasteiger partial charge >= 0.3 is 8.80 Å². The normalized spacial score (nSPS) is 11.4. The van der Waals surface area contributed by atoms with Gasteiger partial charge in [0.15, 0.2) is 0 Å². The number of hydrogen-bond donors (Lipinski definition) is 1. The molecule has 0 saturated carbocycles. The van der Waals surface area contributed by atoms with Gasteiger partial charge in [0, 0.05) is 46.2 Å². The van der Waals surface area contributed by atoms with Gasteiger partial charge in [0.2, 0.25) is 0 Å². The van der Waals surface area contributed by atoms with Gasteiger partial charge < -0.3 is 23.5 Å². The summed E-state index contributed by atoms with van der Waals surface area (Å²) in [5.74, 6) is 0. The Hall–Kier alpha value is -1.18. The molecule has 1 aromatic carbocycles. The van der Waals surface area contributed by atoms with Crippen LogP contribution in [0, 0.1) is 0 Å². The summed E-state index contributed by atoms with van der Waals surface area (Å²) in [6.07, 6.45) is 2.82. The van der Waals surface area contributed by atoms with Crippen LogP contribution in [0.1, 0.15) is 6.42 Å². The van der Waals surface area contributed by atoms with Crippen molar-refractivity contribution in [3.05, 3.63) is 43.1 Å². The van der Waals surface area contributed by atoms with E-state index in [0.29, 0.717) is 0 Å². The lowest BCUT2D eigenvalue weighted by Gasteiger charge is -2.24. The summed E-state index contributed by atoms with van der Waals surface area (Å²) in [5, 5.41) is 3.43. The Balaban J connectivity index is 2.23. The van der Waals surface area contributed by atoms with Crippen molar-refractivity contribution < 1.29 is 13.3 Å². The fourth-order valence-electron chi connectivity index (χ4n) is 2.26. The zero-order valence-electron chi connectivity index (χ0n) is 13.9. The van der Waals surface area contributed by atoms with Crippen LogP contribution in [-0.4, -0.2) is 49.8 Å². The zero-order chi connectivity index (χ0) is 16.3. The molecule has 0 aliphatic carbocycles. The molecule has 6 heteroatoms. The lowest BCUT2D eigenvalue weighted by molar-refractivity contribution is 0.123. The number of anilines is 1. The Bertz CT molecular complexity index is 405. The largest absolute Gasteiger partial charge is 0.500 e. The minimum atomic E-state index is -2.43. The monoisotopic (exact) mass is 324 g/mol. The Morgan fingerprint density at radius 1 is 1.09 bits per heavy atom. The van der Waals surface area contributed by atoms with E-state index in [-0.39, 0.29) is 0 Å². The molecule has 1 aromatic rings. The molecule has 0 aliphatic heterocycles. The third-order valence-electron chi connectivity index (χ3n) is 3.61. The van der Waals surface area contributed by atoms with Gasteiger partial charge in [-0.05, 0) is 31.3 Å². The Morgan fingerprint density at radius 2 is 1.73 bits per heavy atom. The van der Waals surface area contributed by atoms with Crippen LogP contribution in [0.4, 0.5) is 5.69 Å². The number of para-hydroxylation sites is 1. The molecule has 22 heavy (non-hydrogen) atoms. The third-order valence-corrected chi connectivity index (χ3v) is 6.44. The average Bonchev–Trinajstić information content (AvgIpc) is 2.59. The summed E-state index contributed by atoms with van der Waals surface area (Å²) in [7, 11) is 2.52. The van der Waals surface area contributed by atoms with Crippen LogP contribution in [0.3, 0.4) is 0 Å². The van der Waals surface area contributed by atoms with Gasteiger partial charge in [-0.15, -0.1) is 0 Å². The Morgan fingerprint density at radius 3 is 2.27 bits per heavy atom. The van der Waals surface area contributed by atoms with Crippen LogP contribution in [0.15, 0.2) is 43.1 Å². The van der Waals surface area contributed by atoms with Crippen molar-refractivity contribution in [1.29, 1.82) is 0 Å². The van der Waals surface area contributed by atoms with E-state index in [4.69, 9.17) is 13.3 Å². The lowest BCUT2D eigenvalue weighted by Crippen LogP contribution is -2.43. The van der Waals surface area contributed by atoms with E-state index in [1.807, 2.05) is 24.4 Å². The molecule has 1 N–H and O–H groups in total. The van der Waals surface area contributed by atoms with E-state index in [2.05, 4.69) is 28.9 Å². The van der Waals surface area contributed by atoms with Crippen molar-refractivity contribution in [3.8, 4) is 0 Å². The highest BCUT2D eigenvalue weighted by Gasteiger charge is 2.36. The predicted octanol–water partition coefficient (Wildman–Crippen LogP) is 2.49. The maximum absolute atomic E-state index is 5.40. The van der Waals surface area contributed by atoms with Crippen molar-refractivity contribution in [1.82, 2.24) is 5.32 Å². The second-order valence-corrected chi connectivity index (χ2v) is 7.95. The minimum Gasteiger partial charge on any atom is -0.377 e. The van der Waals surface area contributed by atoms with Gasteiger partial charge in [0.1, 0.15) is 0 Å². The fraction of sp³-hybridized carbons (Fsp3) is 0.500. The highest BCUT2D eigenvalue weighted by molar-refractivity contribution is 6.60. The van der Waals surface area contributed by atoms with Crippen LogP contribution in [0.25, 0.3) is 0 Å². The van der Waals surface area contributed by atoms with Gasteiger partial charge in [-0.2, -0.15) is 0 Å². The van der Waals surface area contributed by atoms with Gasteiger partial charge in [-0.25, -0.2) is 0 Å². The molecule has 0 fully saturated rings. The smallest absolute Gasteiger partial charge is 0.377 e. The Kier molecular flexibility index (Phi) is 9.03. The van der Waals surface area contributed by atoms with Crippen molar-refractivity contribution in [2.24, 2.45) is 0 Å². The quantitative estimate of drug-likeness (QED) is 0.473. The summed E-state index contributed by atoms with van der Waals surface area (Å²) < 4.78 is 16.2. The molecule has 0 radical (unpaired) electrons. The molecule has 0 aromatic heterocycles. The highest BCUT2D eigenvalue weighted by atomic mass is 28.4. The number of hydrogen-bond acceptors (Lipinski definition) is 5. The second-order valence-electron chi connectivity index (χ2n) is 4.86. The van der Waals surface area contributed by atoms with Crippen molar-refractivity contribution >= 4 is 14.5 Å². The number of nitrogens with one attached hydrogen (secondary N) is 1. The first kappa shape index (κ1) is 18.9. The topological polar surface area (TPSA) is 43.0 Å². The van der Waals surface area contributed by atoms with E-state index in [9.17, 15) is 0 Å². The SMILES string of the molecule is C=CN(CCNCCC[Si](OC)(OC)OC)c1ccccc1. The third kappa shape index (κ3) is 5.90. The highest BCUT2D eigenvalue weighted by Crippen LogP contribution is 2.14. The van der Waals surface area contributed by atoms with Crippen molar-refractivity contribution in [2.75, 3.05) is 45.9 Å². The van der Waals surface area contributed by atoms with E-state index in [1.54, 1.807) is 21.3 Å². The van der Waals surface area contributed by atoms with E-state index in [0.717, 1.165) is 37.8 Å². The molecule has 0 unspecified atom stereocenters. The van der Waals surface area contributed by atoms with E-state index >= 15 is 0 Å². The maximum atomic E-state index is 5.40. The summed E-state index contributed by atoms with van der Waals surface area (Å²) in [4.78, 5) is 2.13. The average molecular weight is 324 g/mol. The molecule has 0 spiro atoms. The van der Waals surface area contributed by atoms with Crippen LogP contribution in [0.5, 0.6) is 0 Å².